The second-order valence-corrected chi connectivity index (χ2v) is 12.1. The summed E-state index contributed by atoms with van der Waals surface area (Å²) < 4.78 is 21.0. The van der Waals surface area contributed by atoms with Crippen molar-refractivity contribution in [1.29, 1.82) is 0 Å². The second kappa shape index (κ2) is 14.7. The highest BCUT2D eigenvalue weighted by Crippen LogP contribution is 2.30. The molecule has 49 heavy (non-hydrogen) atoms. The van der Waals surface area contributed by atoms with Gasteiger partial charge >= 0.3 is 6.03 Å². The Balaban J connectivity index is 1.18. The zero-order valence-corrected chi connectivity index (χ0v) is 27.7. The molecule has 2 aromatic heterocycles. The molecule has 13 nitrogen and oxygen atoms in total. The molecule has 2 aromatic carbocycles. The van der Waals surface area contributed by atoms with E-state index in [4.69, 9.17) is 20.4 Å². The third-order valence-corrected chi connectivity index (χ3v) is 8.66. The van der Waals surface area contributed by atoms with Crippen LogP contribution in [0.3, 0.4) is 0 Å². The number of nitrogens with one attached hydrogen (secondary N) is 2. The number of amides is 3. The Hall–Kier alpha value is -5.47. The first-order chi connectivity index (χ1) is 23.7. The largest absolute Gasteiger partial charge is 0.404 e. The van der Waals surface area contributed by atoms with E-state index < -0.39 is 11.8 Å². The number of carbonyl (C=O) groups is 2. The van der Waals surface area contributed by atoms with Crippen LogP contribution in [0.4, 0.5) is 26.4 Å². The van der Waals surface area contributed by atoms with Crippen LogP contribution in [0.5, 0.6) is 0 Å². The molecule has 1 atom stereocenters. The van der Waals surface area contributed by atoms with Gasteiger partial charge in [0.15, 0.2) is 11.6 Å². The van der Waals surface area contributed by atoms with E-state index in [9.17, 15) is 9.59 Å². The molecule has 2 fully saturated rings. The lowest BCUT2D eigenvalue weighted by molar-refractivity contribution is 0.0783. The molecule has 4 aromatic rings. The number of carbonyl (C=O) groups excluding carboxylic acids is 2. The van der Waals surface area contributed by atoms with Crippen molar-refractivity contribution in [2.75, 3.05) is 76.1 Å². The summed E-state index contributed by atoms with van der Waals surface area (Å²) in [5.41, 5.74) is 9.79. The minimum absolute atomic E-state index is 0.0211. The first-order valence-electron chi connectivity index (χ1n) is 16.0. The van der Waals surface area contributed by atoms with Gasteiger partial charge in [-0.3, -0.25) is 14.8 Å². The third kappa shape index (κ3) is 7.50. The van der Waals surface area contributed by atoms with Crippen molar-refractivity contribution in [2.45, 2.75) is 12.5 Å². The number of likely N-dealkylation sites (N-methyl/N-ethyl adjacent to an activating group) is 1. The number of anilines is 3. The summed E-state index contributed by atoms with van der Waals surface area (Å²) in [6.45, 7) is 3.71. The Morgan fingerprint density at radius 1 is 1.04 bits per heavy atom. The molecule has 0 saturated carbocycles. The second-order valence-electron chi connectivity index (χ2n) is 12.1. The number of morpholine rings is 1. The average molecular weight is 667 g/mol. The molecule has 0 bridgehead atoms. The number of aromatic nitrogens is 3. The lowest BCUT2D eigenvalue weighted by atomic mass is 10.1. The van der Waals surface area contributed by atoms with E-state index in [-0.39, 0.29) is 11.6 Å². The van der Waals surface area contributed by atoms with E-state index >= 15 is 4.39 Å². The molecule has 2 aliphatic rings. The molecule has 2 aliphatic heterocycles. The van der Waals surface area contributed by atoms with Crippen LogP contribution >= 0.6 is 0 Å². The summed E-state index contributed by atoms with van der Waals surface area (Å²) in [6, 6.07) is 12.6. The summed E-state index contributed by atoms with van der Waals surface area (Å²) in [6.07, 6.45) is 5.72. The van der Waals surface area contributed by atoms with Gasteiger partial charge in [0.2, 0.25) is 0 Å². The van der Waals surface area contributed by atoms with Gasteiger partial charge in [-0.05, 0) is 69.0 Å². The summed E-state index contributed by atoms with van der Waals surface area (Å²) in [5, 5.41) is 5.25. The Bertz CT molecular complexity index is 1910. The molecular formula is C35H39FN10O3. The first-order valence-corrected chi connectivity index (χ1v) is 16.0. The number of likely N-dealkylation sites (tertiary alicyclic amines) is 1. The lowest BCUT2D eigenvalue weighted by Gasteiger charge is -2.28. The molecule has 2 saturated heterocycles. The Morgan fingerprint density at radius 2 is 1.82 bits per heavy atom. The maximum atomic E-state index is 15.5. The zero-order valence-electron chi connectivity index (χ0n) is 27.7. The smallest absolute Gasteiger partial charge is 0.323 e. The SMILES string of the molecule is CN=CC(=CN)c1cnc2c(N3CCOCC3)nc(-c3ccc(NC(=O)Nc4ccc(C(=O)N5CCC(N(C)C)C5)cc4)c(F)c3)nc2c1. The molecule has 6 rings (SSSR count). The van der Waals surface area contributed by atoms with Gasteiger partial charge in [0.1, 0.15) is 11.3 Å². The maximum absolute atomic E-state index is 15.5. The summed E-state index contributed by atoms with van der Waals surface area (Å²) in [7, 11) is 5.68. The van der Waals surface area contributed by atoms with Gasteiger partial charge < -0.3 is 35.8 Å². The van der Waals surface area contributed by atoms with Crippen molar-refractivity contribution in [3.05, 3.63) is 77.9 Å². The summed E-state index contributed by atoms with van der Waals surface area (Å²) >= 11 is 0. The molecule has 14 heteroatoms. The van der Waals surface area contributed by atoms with Gasteiger partial charge in [0.25, 0.3) is 5.91 Å². The number of urea groups is 1. The fraction of sp³-hybridized carbons (Fsp3) is 0.314. The quantitative estimate of drug-likeness (QED) is 0.236. The van der Waals surface area contributed by atoms with Crippen molar-refractivity contribution in [3.8, 4) is 11.4 Å². The number of pyridine rings is 1. The van der Waals surface area contributed by atoms with Crippen molar-refractivity contribution in [1.82, 2.24) is 24.8 Å². The Morgan fingerprint density at radius 3 is 2.49 bits per heavy atom. The van der Waals surface area contributed by atoms with E-state index in [0.717, 1.165) is 12.0 Å². The molecule has 4 heterocycles. The number of benzene rings is 2. The number of allylic oxidation sites excluding steroid dienone is 1. The molecule has 4 N–H and O–H groups in total. The van der Waals surface area contributed by atoms with Crippen LogP contribution in [-0.4, -0.2) is 109 Å². The van der Waals surface area contributed by atoms with E-state index in [0.29, 0.717) is 90.5 Å². The minimum Gasteiger partial charge on any atom is -0.404 e. The van der Waals surface area contributed by atoms with Crippen LogP contribution in [0.25, 0.3) is 28.0 Å². The number of ether oxygens (including phenoxy) is 1. The number of fused-ring (bicyclic) bond motifs is 1. The van der Waals surface area contributed by atoms with Crippen LogP contribution < -0.4 is 21.3 Å². The third-order valence-electron chi connectivity index (χ3n) is 8.66. The number of halogens is 1. The fourth-order valence-corrected chi connectivity index (χ4v) is 5.91. The number of rotatable bonds is 8. The van der Waals surface area contributed by atoms with Crippen LogP contribution in [0.15, 0.2) is 65.9 Å². The van der Waals surface area contributed by atoms with Gasteiger partial charge in [-0.2, -0.15) is 0 Å². The van der Waals surface area contributed by atoms with Gasteiger partial charge in [-0.15, -0.1) is 0 Å². The number of aliphatic imine (C=N–C) groups is 1. The topological polar surface area (TPSA) is 154 Å². The number of hydrogen-bond donors (Lipinski definition) is 3. The molecule has 0 radical (unpaired) electrons. The Labute approximate surface area is 283 Å². The number of nitrogens with zero attached hydrogens (tertiary/aromatic N) is 7. The van der Waals surface area contributed by atoms with E-state index in [1.54, 1.807) is 49.8 Å². The van der Waals surface area contributed by atoms with Gasteiger partial charge in [-0.1, -0.05) is 0 Å². The minimum atomic E-state index is -0.661. The standard InChI is InChI=1S/C35H39FN10O3/c1-38-19-25(18-37)24-17-30-31(39-20-24)33(45-12-14-49-15-13-45)43-32(41-30)23-6-9-29(28(36)16-23)42-35(48)40-26-7-4-22(5-8-26)34(47)46-11-10-27(21-46)44(2)3/h4-9,16-20,27H,10-15,21,37H2,1-3H3,(H2,40,42,48). The van der Waals surface area contributed by atoms with Crippen molar-refractivity contribution >= 4 is 52.0 Å². The normalized spacial score (nSPS) is 16.9. The highest BCUT2D eigenvalue weighted by atomic mass is 19.1. The predicted octanol–water partition coefficient (Wildman–Crippen LogP) is 4.09. The maximum Gasteiger partial charge on any atom is 0.323 e. The van der Waals surface area contributed by atoms with Crippen molar-refractivity contribution < 1.29 is 18.7 Å². The van der Waals surface area contributed by atoms with Crippen molar-refractivity contribution in [2.24, 2.45) is 10.7 Å². The fourth-order valence-electron chi connectivity index (χ4n) is 5.91. The van der Waals surface area contributed by atoms with Crippen LogP contribution in [-0.2, 0) is 4.74 Å². The average Bonchev–Trinajstić information content (AvgIpc) is 3.62. The Kier molecular flexibility index (Phi) is 10.1. The first kappa shape index (κ1) is 33.4. The molecule has 0 aliphatic carbocycles. The van der Waals surface area contributed by atoms with E-state index in [1.807, 2.05) is 25.1 Å². The van der Waals surface area contributed by atoms with Gasteiger partial charge in [-0.25, -0.2) is 19.2 Å². The molecule has 254 valence electrons. The van der Waals surface area contributed by atoms with Crippen LogP contribution in [0.2, 0.25) is 0 Å². The van der Waals surface area contributed by atoms with E-state index in [1.165, 1.54) is 18.3 Å². The zero-order chi connectivity index (χ0) is 34.5. The molecule has 3 amide bonds. The van der Waals surface area contributed by atoms with Crippen molar-refractivity contribution in [3.63, 3.8) is 0 Å². The number of nitrogens with two attached hydrogens (primary N) is 1. The molecule has 0 spiro atoms. The highest BCUT2D eigenvalue weighted by Gasteiger charge is 2.28. The lowest BCUT2D eigenvalue weighted by Crippen LogP contribution is -2.37. The van der Waals surface area contributed by atoms with Crippen LogP contribution in [0, 0.1) is 5.82 Å². The van der Waals surface area contributed by atoms with Gasteiger partial charge in [0.05, 0.1) is 24.4 Å². The monoisotopic (exact) mass is 666 g/mol. The highest BCUT2D eigenvalue weighted by molar-refractivity contribution is 6.10. The van der Waals surface area contributed by atoms with Crippen LogP contribution in [0.1, 0.15) is 22.3 Å². The predicted molar refractivity (Wildman–Crippen MR) is 189 cm³/mol. The molecular weight excluding hydrogens is 627 g/mol. The van der Waals surface area contributed by atoms with E-state index in [2.05, 4.69) is 30.4 Å². The van der Waals surface area contributed by atoms with Gasteiger partial charge in [0, 0.05) is 85.8 Å². The summed E-state index contributed by atoms with van der Waals surface area (Å²) in [4.78, 5) is 50.1. The molecule has 1 unspecified atom stereocenters. The number of hydrogen-bond acceptors (Lipinski definition) is 10. The summed E-state index contributed by atoms with van der Waals surface area (Å²) in [5.74, 6) is 0.206.